The number of esters is 1. The molecule has 2 aliphatic heterocycles. The van der Waals surface area contributed by atoms with Crippen LogP contribution in [0, 0.1) is 5.41 Å². The van der Waals surface area contributed by atoms with E-state index in [1.807, 2.05) is 23.9 Å². The molecule has 2 aromatic rings. The lowest BCUT2D eigenvalue weighted by Crippen LogP contribution is -2.44. The van der Waals surface area contributed by atoms with E-state index in [2.05, 4.69) is 29.6 Å². The summed E-state index contributed by atoms with van der Waals surface area (Å²) in [6.07, 6.45) is 3.40. The van der Waals surface area contributed by atoms with Gasteiger partial charge >= 0.3 is 5.97 Å². The maximum Gasteiger partial charge on any atom is 0.337 e. The number of thioether (sulfide) groups is 1. The lowest BCUT2D eigenvalue weighted by molar-refractivity contribution is 0.0600. The van der Waals surface area contributed by atoms with E-state index in [-0.39, 0.29) is 11.4 Å². The number of carbonyl (C=O) groups excluding carboxylic acids is 1. The molecule has 0 aliphatic carbocycles. The molecular formula is C22H24N2O2S. The standard InChI is InChI=1S/C22H24N2O2S/c1-26-20(25)17-8-6-16(7-9-17)15-23-21-22(10-12-27-13-11-22)14-18-4-2-3-5-19(18)24-21/h2-9H,10-15H2,1H3,(H,23,24). The first-order valence-corrected chi connectivity index (χ1v) is 10.5. The van der Waals surface area contributed by atoms with E-state index in [9.17, 15) is 4.79 Å². The van der Waals surface area contributed by atoms with Gasteiger partial charge in [0.15, 0.2) is 0 Å². The number of methoxy groups -OCH3 is 1. The van der Waals surface area contributed by atoms with Gasteiger partial charge in [-0.3, -0.25) is 4.99 Å². The summed E-state index contributed by atoms with van der Waals surface area (Å²) in [5, 5.41) is 3.63. The lowest BCUT2D eigenvalue weighted by Gasteiger charge is -2.42. The summed E-state index contributed by atoms with van der Waals surface area (Å²) in [5.41, 5.74) is 4.37. The molecule has 0 bridgehead atoms. The van der Waals surface area contributed by atoms with Gasteiger partial charge in [0.2, 0.25) is 0 Å². The van der Waals surface area contributed by atoms with Crippen LogP contribution in [-0.2, 0) is 17.7 Å². The Morgan fingerprint density at radius 2 is 1.89 bits per heavy atom. The molecule has 0 saturated carbocycles. The molecule has 1 saturated heterocycles. The summed E-state index contributed by atoms with van der Waals surface area (Å²) in [6.45, 7) is 0.612. The van der Waals surface area contributed by atoms with Gasteiger partial charge in [0.05, 0.1) is 19.2 Å². The Labute approximate surface area is 164 Å². The minimum Gasteiger partial charge on any atom is -0.465 e. The van der Waals surface area contributed by atoms with Gasteiger partial charge in [0.25, 0.3) is 0 Å². The van der Waals surface area contributed by atoms with E-state index in [1.165, 1.54) is 42.7 Å². The van der Waals surface area contributed by atoms with Crippen LogP contribution in [0.3, 0.4) is 0 Å². The van der Waals surface area contributed by atoms with E-state index in [4.69, 9.17) is 9.73 Å². The maximum absolute atomic E-state index is 11.6. The number of anilines is 1. The largest absolute Gasteiger partial charge is 0.465 e. The Bertz CT molecular complexity index is 855. The number of para-hydroxylation sites is 1. The zero-order chi connectivity index (χ0) is 18.7. The summed E-state index contributed by atoms with van der Waals surface area (Å²) in [6, 6.07) is 16.1. The van der Waals surface area contributed by atoms with Gasteiger partial charge < -0.3 is 10.1 Å². The minimum atomic E-state index is -0.308. The molecule has 4 rings (SSSR count). The average molecular weight is 381 g/mol. The number of nitrogens with zero attached hydrogens (tertiary/aromatic N) is 1. The fourth-order valence-corrected chi connectivity index (χ4v) is 5.20. The normalized spacial score (nSPS) is 19.4. The molecule has 0 atom stereocenters. The SMILES string of the molecule is COC(=O)c1ccc(CN=C2Nc3ccccc3CC23CCSCC3)cc1. The molecule has 5 heteroatoms. The Morgan fingerprint density at radius 1 is 1.15 bits per heavy atom. The maximum atomic E-state index is 11.6. The second-order valence-electron chi connectivity index (χ2n) is 7.20. The van der Waals surface area contributed by atoms with Gasteiger partial charge in [0, 0.05) is 11.1 Å². The van der Waals surface area contributed by atoms with Crippen LogP contribution in [0.15, 0.2) is 53.5 Å². The number of fused-ring (bicyclic) bond motifs is 1. The van der Waals surface area contributed by atoms with Crippen molar-refractivity contribution < 1.29 is 9.53 Å². The van der Waals surface area contributed by atoms with Crippen LogP contribution in [0.4, 0.5) is 5.69 Å². The molecule has 1 spiro atoms. The summed E-state index contributed by atoms with van der Waals surface area (Å²) >= 11 is 2.04. The zero-order valence-electron chi connectivity index (χ0n) is 15.5. The van der Waals surface area contributed by atoms with Crippen molar-refractivity contribution in [2.24, 2.45) is 10.4 Å². The van der Waals surface area contributed by atoms with Crippen LogP contribution in [0.1, 0.15) is 34.3 Å². The number of rotatable bonds is 3. The van der Waals surface area contributed by atoms with Crippen molar-refractivity contribution in [1.82, 2.24) is 0 Å². The summed E-state index contributed by atoms with van der Waals surface area (Å²) < 4.78 is 4.76. The van der Waals surface area contributed by atoms with E-state index >= 15 is 0 Å². The van der Waals surface area contributed by atoms with Crippen molar-refractivity contribution in [1.29, 1.82) is 0 Å². The van der Waals surface area contributed by atoms with Crippen molar-refractivity contribution in [2.75, 3.05) is 23.9 Å². The van der Waals surface area contributed by atoms with Gasteiger partial charge in [-0.05, 0) is 60.1 Å². The molecule has 4 nitrogen and oxygen atoms in total. The van der Waals surface area contributed by atoms with Crippen LogP contribution >= 0.6 is 11.8 Å². The predicted octanol–water partition coefficient (Wildman–Crippen LogP) is 4.55. The molecule has 0 aromatic heterocycles. The lowest BCUT2D eigenvalue weighted by atomic mass is 9.73. The molecule has 140 valence electrons. The number of aliphatic imine (C=N–C) groups is 1. The Hall–Kier alpha value is -2.27. The zero-order valence-corrected chi connectivity index (χ0v) is 16.3. The number of ether oxygens (including phenoxy) is 1. The highest BCUT2D eigenvalue weighted by molar-refractivity contribution is 7.99. The number of amidine groups is 1. The van der Waals surface area contributed by atoms with Crippen molar-refractivity contribution in [3.05, 3.63) is 65.2 Å². The van der Waals surface area contributed by atoms with E-state index in [0.29, 0.717) is 12.1 Å². The third-order valence-corrected chi connectivity index (χ3v) is 6.53. The topological polar surface area (TPSA) is 50.7 Å². The van der Waals surface area contributed by atoms with Gasteiger partial charge in [-0.15, -0.1) is 0 Å². The number of hydrogen-bond acceptors (Lipinski definition) is 4. The molecule has 0 radical (unpaired) electrons. The van der Waals surface area contributed by atoms with Crippen LogP contribution in [0.2, 0.25) is 0 Å². The van der Waals surface area contributed by atoms with E-state index in [1.54, 1.807) is 12.1 Å². The highest BCUT2D eigenvalue weighted by Crippen LogP contribution is 2.44. The van der Waals surface area contributed by atoms with Gasteiger partial charge in [-0.25, -0.2) is 4.79 Å². The van der Waals surface area contributed by atoms with Crippen molar-refractivity contribution in [2.45, 2.75) is 25.8 Å². The third-order valence-electron chi connectivity index (χ3n) is 5.55. The fourth-order valence-electron chi connectivity index (χ4n) is 3.92. The molecule has 1 N–H and O–H groups in total. The first-order valence-electron chi connectivity index (χ1n) is 9.35. The van der Waals surface area contributed by atoms with Crippen molar-refractivity contribution in [3.8, 4) is 0 Å². The highest BCUT2D eigenvalue weighted by atomic mass is 32.2. The third kappa shape index (κ3) is 3.74. The van der Waals surface area contributed by atoms with Crippen LogP contribution in [0.25, 0.3) is 0 Å². The van der Waals surface area contributed by atoms with Crippen LogP contribution in [0.5, 0.6) is 0 Å². The van der Waals surface area contributed by atoms with E-state index < -0.39 is 0 Å². The summed E-state index contributed by atoms with van der Waals surface area (Å²) in [5.74, 6) is 3.20. The predicted molar refractivity (Wildman–Crippen MR) is 112 cm³/mol. The average Bonchev–Trinajstić information content (AvgIpc) is 2.72. The quantitative estimate of drug-likeness (QED) is 0.794. The molecular weight excluding hydrogens is 356 g/mol. The summed E-state index contributed by atoms with van der Waals surface area (Å²) in [7, 11) is 1.40. The second kappa shape index (κ2) is 7.77. The Balaban J connectivity index is 1.59. The van der Waals surface area contributed by atoms with Crippen LogP contribution < -0.4 is 5.32 Å². The molecule has 1 fully saturated rings. The monoisotopic (exact) mass is 380 g/mol. The molecule has 2 aromatic carbocycles. The van der Waals surface area contributed by atoms with Gasteiger partial charge in [0.1, 0.15) is 5.84 Å². The molecule has 2 aliphatic rings. The van der Waals surface area contributed by atoms with Crippen LogP contribution in [-0.4, -0.2) is 30.4 Å². The Kier molecular flexibility index (Phi) is 5.21. The first kappa shape index (κ1) is 18.1. The highest BCUT2D eigenvalue weighted by Gasteiger charge is 2.41. The number of benzene rings is 2. The smallest absolute Gasteiger partial charge is 0.337 e. The Morgan fingerprint density at radius 3 is 2.63 bits per heavy atom. The number of nitrogens with one attached hydrogen (secondary N) is 1. The molecule has 0 amide bonds. The van der Waals surface area contributed by atoms with E-state index in [0.717, 1.165) is 17.8 Å². The van der Waals surface area contributed by atoms with Gasteiger partial charge in [-0.1, -0.05) is 30.3 Å². The second-order valence-corrected chi connectivity index (χ2v) is 8.43. The number of carbonyl (C=O) groups is 1. The number of hydrogen-bond donors (Lipinski definition) is 1. The molecule has 2 heterocycles. The minimum absolute atomic E-state index is 0.131. The fraction of sp³-hybridized carbons (Fsp3) is 0.364. The summed E-state index contributed by atoms with van der Waals surface area (Å²) in [4.78, 5) is 16.6. The van der Waals surface area contributed by atoms with Crippen molar-refractivity contribution >= 4 is 29.3 Å². The first-order chi connectivity index (χ1) is 13.2. The van der Waals surface area contributed by atoms with Gasteiger partial charge in [-0.2, -0.15) is 11.8 Å². The molecule has 0 unspecified atom stereocenters. The molecule has 27 heavy (non-hydrogen) atoms. The van der Waals surface area contributed by atoms with Crippen molar-refractivity contribution in [3.63, 3.8) is 0 Å².